The average molecular weight is 230 g/mol. The van der Waals surface area contributed by atoms with E-state index >= 15 is 0 Å². The Balaban J connectivity index is 2.89. The van der Waals surface area contributed by atoms with Crippen molar-refractivity contribution in [2.75, 3.05) is 0 Å². The van der Waals surface area contributed by atoms with Gasteiger partial charge in [0.05, 0.1) is 6.10 Å². The highest BCUT2D eigenvalue weighted by Gasteiger charge is 2.55. The summed E-state index contributed by atoms with van der Waals surface area (Å²) in [7, 11) is 0. The molecule has 0 unspecified atom stereocenters. The van der Waals surface area contributed by atoms with E-state index in [1.807, 2.05) is 34.6 Å². The molecule has 1 N–H and O–H groups in total. The Labute approximate surface area is 96.9 Å². The number of carbonyl (C=O) groups excluding carboxylic acids is 1. The molecule has 1 aliphatic rings. The normalized spacial score (nSPS) is 33.0. The lowest BCUT2D eigenvalue weighted by Crippen LogP contribution is -2.48. The van der Waals surface area contributed by atoms with Crippen LogP contribution in [0.4, 0.5) is 0 Å². The molecule has 0 amide bonds. The summed E-state index contributed by atoms with van der Waals surface area (Å²) in [4.78, 5) is 11.8. The Hall–Kier alpha value is -0.610. The van der Waals surface area contributed by atoms with E-state index in [0.29, 0.717) is 0 Å². The summed E-state index contributed by atoms with van der Waals surface area (Å²) in [6.45, 7) is 11.1. The number of carbonyl (C=O) groups is 1. The SMILES string of the molecule is CC(C)[C@H](O)[C@@]1(C)O[C@H](C(C)(C)C)OC1=O. The number of esters is 1. The molecule has 94 valence electrons. The third-order valence-corrected chi connectivity index (χ3v) is 2.87. The highest BCUT2D eigenvalue weighted by atomic mass is 16.8. The van der Waals surface area contributed by atoms with Crippen LogP contribution >= 0.6 is 0 Å². The van der Waals surface area contributed by atoms with E-state index in [1.165, 1.54) is 0 Å². The van der Waals surface area contributed by atoms with Gasteiger partial charge in [0, 0.05) is 5.41 Å². The number of ether oxygens (including phenoxy) is 2. The molecule has 0 aromatic heterocycles. The van der Waals surface area contributed by atoms with E-state index in [9.17, 15) is 9.90 Å². The van der Waals surface area contributed by atoms with Gasteiger partial charge in [-0.05, 0) is 12.8 Å². The second-order valence-electron chi connectivity index (χ2n) is 6.02. The van der Waals surface area contributed by atoms with Gasteiger partial charge in [-0.2, -0.15) is 0 Å². The van der Waals surface area contributed by atoms with Crippen molar-refractivity contribution in [1.82, 2.24) is 0 Å². The van der Waals surface area contributed by atoms with Gasteiger partial charge in [0.1, 0.15) is 0 Å². The van der Waals surface area contributed by atoms with Gasteiger partial charge >= 0.3 is 5.97 Å². The first kappa shape index (κ1) is 13.5. The predicted molar refractivity (Wildman–Crippen MR) is 59.7 cm³/mol. The Bertz CT molecular complexity index is 279. The molecule has 0 radical (unpaired) electrons. The summed E-state index contributed by atoms with van der Waals surface area (Å²) in [6.07, 6.45) is -1.45. The number of hydrogen-bond donors (Lipinski definition) is 1. The maximum atomic E-state index is 11.8. The topological polar surface area (TPSA) is 55.8 Å². The molecular formula is C12H22O4. The van der Waals surface area contributed by atoms with Crippen molar-refractivity contribution < 1.29 is 19.4 Å². The van der Waals surface area contributed by atoms with Gasteiger partial charge in [0.15, 0.2) is 5.60 Å². The smallest absolute Gasteiger partial charge is 0.343 e. The van der Waals surface area contributed by atoms with Gasteiger partial charge in [-0.15, -0.1) is 0 Å². The Morgan fingerprint density at radius 3 is 2.19 bits per heavy atom. The molecule has 0 saturated carbocycles. The first-order chi connectivity index (χ1) is 7.09. The van der Waals surface area contributed by atoms with Crippen molar-refractivity contribution in [1.29, 1.82) is 0 Å². The first-order valence-corrected chi connectivity index (χ1v) is 5.66. The van der Waals surface area contributed by atoms with Crippen LogP contribution in [0.3, 0.4) is 0 Å². The highest BCUT2D eigenvalue weighted by molar-refractivity contribution is 5.81. The van der Waals surface area contributed by atoms with Crippen LogP contribution in [0.1, 0.15) is 41.5 Å². The molecule has 0 spiro atoms. The van der Waals surface area contributed by atoms with Crippen molar-refractivity contribution in [3.05, 3.63) is 0 Å². The van der Waals surface area contributed by atoms with Crippen LogP contribution in [0.5, 0.6) is 0 Å². The van der Waals surface area contributed by atoms with E-state index in [4.69, 9.17) is 9.47 Å². The van der Waals surface area contributed by atoms with Crippen LogP contribution in [0.25, 0.3) is 0 Å². The van der Waals surface area contributed by atoms with Crippen LogP contribution in [-0.2, 0) is 14.3 Å². The molecule has 16 heavy (non-hydrogen) atoms. The van der Waals surface area contributed by atoms with Gasteiger partial charge in [-0.3, -0.25) is 0 Å². The molecule has 4 nitrogen and oxygen atoms in total. The summed E-state index contributed by atoms with van der Waals surface area (Å²) in [5, 5.41) is 10.0. The molecule has 3 atom stereocenters. The standard InChI is InChI=1S/C12H22O4/c1-7(2)8(13)12(6)9(14)15-10(16-12)11(3,4)5/h7-8,10,13H,1-6H3/t8-,10+,12+/m0/s1. The van der Waals surface area contributed by atoms with E-state index in [0.717, 1.165) is 0 Å². The lowest BCUT2D eigenvalue weighted by molar-refractivity contribution is -0.170. The van der Waals surface area contributed by atoms with E-state index < -0.39 is 24.0 Å². The Morgan fingerprint density at radius 2 is 1.88 bits per heavy atom. The molecule has 0 aromatic carbocycles. The Kier molecular flexibility index (Phi) is 3.37. The van der Waals surface area contributed by atoms with Crippen LogP contribution in [0.15, 0.2) is 0 Å². The molecule has 0 aromatic rings. The lowest BCUT2D eigenvalue weighted by Gasteiger charge is -2.30. The van der Waals surface area contributed by atoms with Crippen LogP contribution in [-0.4, -0.2) is 29.1 Å². The summed E-state index contributed by atoms with van der Waals surface area (Å²) in [6, 6.07) is 0. The zero-order valence-electron chi connectivity index (χ0n) is 10.9. The molecule has 1 rings (SSSR count). The van der Waals surface area contributed by atoms with Crippen molar-refractivity contribution >= 4 is 5.97 Å². The van der Waals surface area contributed by atoms with Gasteiger partial charge < -0.3 is 14.6 Å². The van der Waals surface area contributed by atoms with E-state index in [1.54, 1.807) is 6.92 Å². The first-order valence-electron chi connectivity index (χ1n) is 5.66. The highest BCUT2D eigenvalue weighted by Crippen LogP contribution is 2.37. The van der Waals surface area contributed by atoms with Gasteiger partial charge in [-0.25, -0.2) is 4.79 Å². The molecule has 0 aliphatic carbocycles. The number of cyclic esters (lactones) is 1. The predicted octanol–water partition coefficient (Wildman–Crippen LogP) is 1.71. The van der Waals surface area contributed by atoms with Crippen LogP contribution in [0, 0.1) is 11.3 Å². The molecule has 1 heterocycles. The third-order valence-electron chi connectivity index (χ3n) is 2.87. The van der Waals surface area contributed by atoms with Crippen LogP contribution in [0.2, 0.25) is 0 Å². The fourth-order valence-electron chi connectivity index (χ4n) is 1.69. The summed E-state index contributed by atoms with van der Waals surface area (Å²) in [5.74, 6) is -0.537. The van der Waals surface area contributed by atoms with Gasteiger partial charge in [0.25, 0.3) is 0 Å². The second kappa shape index (κ2) is 4.00. The molecule has 4 heteroatoms. The minimum Gasteiger partial charge on any atom is -0.433 e. The minimum absolute atomic E-state index is 0.0590. The van der Waals surface area contributed by atoms with Crippen molar-refractivity contribution in [2.24, 2.45) is 11.3 Å². The molecule has 1 aliphatic heterocycles. The maximum absolute atomic E-state index is 11.8. The van der Waals surface area contributed by atoms with Crippen molar-refractivity contribution in [3.63, 3.8) is 0 Å². The maximum Gasteiger partial charge on any atom is 0.343 e. The van der Waals surface area contributed by atoms with Crippen molar-refractivity contribution in [2.45, 2.75) is 59.5 Å². The van der Waals surface area contributed by atoms with Gasteiger partial charge in [0.2, 0.25) is 6.29 Å². The zero-order chi connectivity index (χ0) is 12.7. The number of rotatable bonds is 2. The van der Waals surface area contributed by atoms with E-state index in [2.05, 4.69) is 0 Å². The fraction of sp³-hybridized carbons (Fsp3) is 0.917. The fourth-order valence-corrected chi connectivity index (χ4v) is 1.69. The number of hydrogen-bond acceptors (Lipinski definition) is 4. The molecule has 0 bridgehead atoms. The molecule has 1 fully saturated rings. The summed E-state index contributed by atoms with van der Waals surface area (Å²) in [5.41, 5.74) is -1.53. The van der Waals surface area contributed by atoms with E-state index in [-0.39, 0.29) is 11.3 Å². The Morgan fingerprint density at radius 1 is 1.38 bits per heavy atom. The summed E-state index contributed by atoms with van der Waals surface area (Å²) >= 11 is 0. The second-order valence-corrected chi connectivity index (χ2v) is 6.02. The van der Waals surface area contributed by atoms with Crippen molar-refractivity contribution in [3.8, 4) is 0 Å². The van der Waals surface area contributed by atoms with Gasteiger partial charge in [-0.1, -0.05) is 34.6 Å². The molecular weight excluding hydrogens is 208 g/mol. The lowest BCUT2D eigenvalue weighted by atomic mass is 9.90. The average Bonchev–Trinajstić information content (AvgIpc) is 2.42. The minimum atomic E-state index is -1.24. The number of aliphatic hydroxyl groups excluding tert-OH is 1. The third kappa shape index (κ3) is 2.23. The molecule has 1 saturated heterocycles. The van der Waals surface area contributed by atoms with Crippen LogP contribution < -0.4 is 0 Å². The quantitative estimate of drug-likeness (QED) is 0.734. The zero-order valence-corrected chi connectivity index (χ0v) is 10.9. The largest absolute Gasteiger partial charge is 0.433 e. The summed E-state index contributed by atoms with van der Waals surface area (Å²) < 4.78 is 10.8. The number of aliphatic hydroxyl groups is 1. The monoisotopic (exact) mass is 230 g/mol.